The number of nitrogens with two attached hydrogens (primary N) is 1. The zero-order valence-electron chi connectivity index (χ0n) is 27.6. The second-order valence-electron chi connectivity index (χ2n) is 11.7. The monoisotopic (exact) mass is 717 g/mol. The minimum Gasteiger partial charge on any atom is -0.478 e. The van der Waals surface area contributed by atoms with Gasteiger partial charge < -0.3 is 30.4 Å². The Balaban J connectivity index is 1.30. The number of aromatic nitrogens is 4. The van der Waals surface area contributed by atoms with Gasteiger partial charge in [-0.25, -0.2) is 32.7 Å². The minimum atomic E-state index is -4.56. The van der Waals surface area contributed by atoms with Gasteiger partial charge in [-0.2, -0.15) is 0 Å². The number of carbonyl (C=O) groups excluding carboxylic acids is 4. The van der Waals surface area contributed by atoms with Crippen LogP contribution < -0.4 is 15.8 Å². The predicted octanol–water partition coefficient (Wildman–Crippen LogP) is 2.56. The summed E-state index contributed by atoms with van der Waals surface area (Å²) in [6, 6.07) is 13.2. The second kappa shape index (κ2) is 15.2. The Hall–Kier alpha value is -6.10. The quantitative estimate of drug-likeness (QED) is 0.0778. The number of fused-ring (bicyclic) bond motifs is 2. The van der Waals surface area contributed by atoms with Crippen LogP contribution in [0.1, 0.15) is 75.3 Å². The maximum atomic E-state index is 13.4. The number of carbonyl (C=O) groups is 5. The van der Waals surface area contributed by atoms with Gasteiger partial charge >= 0.3 is 11.9 Å². The van der Waals surface area contributed by atoms with Crippen LogP contribution in [0.5, 0.6) is 0 Å². The summed E-state index contributed by atoms with van der Waals surface area (Å²) in [5.74, 6) is -3.30. The number of carboxylic acid groups (broad SMARTS) is 1. The first kappa shape index (κ1) is 36.2. The largest absolute Gasteiger partial charge is 0.478 e. The van der Waals surface area contributed by atoms with Crippen LogP contribution in [0.2, 0.25) is 0 Å². The first-order chi connectivity index (χ1) is 24.3. The molecule has 0 bridgehead atoms. The summed E-state index contributed by atoms with van der Waals surface area (Å²) in [5.41, 5.74) is 7.89. The highest BCUT2D eigenvalue weighted by Crippen LogP contribution is 2.21. The van der Waals surface area contributed by atoms with Crippen molar-refractivity contribution in [2.75, 3.05) is 6.61 Å². The Labute approximate surface area is 291 Å². The predicted molar refractivity (Wildman–Crippen MR) is 183 cm³/mol. The van der Waals surface area contributed by atoms with Gasteiger partial charge in [-0.15, -0.1) is 0 Å². The fourth-order valence-corrected chi connectivity index (χ4v) is 6.52. The Morgan fingerprint density at radius 3 is 2.45 bits per heavy atom. The summed E-state index contributed by atoms with van der Waals surface area (Å²) < 4.78 is 34.5. The average molecular weight is 718 g/mol. The lowest BCUT2D eigenvalue weighted by atomic mass is 10.1. The van der Waals surface area contributed by atoms with Gasteiger partial charge in [0, 0.05) is 24.6 Å². The van der Waals surface area contributed by atoms with E-state index in [0.717, 1.165) is 18.6 Å². The number of amides is 3. The van der Waals surface area contributed by atoms with E-state index in [1.165, 1.54) is 18.2 Å². The summed E-state index contributed by atoms with van der Waals surface area (Å²) in [6.07, 6.45) is 0.781. The molecule has 0 aliphatic rings. The number of rotatable bonds is 15. The van der Waals surface area contributed by atoms with Gasteiger partial charge in [0.25, 0.3) is 15.9 Å². The second-order valence-corrected chi connectivity index (χ2v) is 13.3. The number of primary amides is 1. The van der Waals surface area contributed by atoms with Crippen molar-refractivity contribution in [3.63, 3.8) is 0 Å². The highest BCUT2D eigenvalue weighted by atomic mass is 32.2. The number of esters is 1. The Morgan fingerprint density at radius 2 is 1.73 bits per heavy atom. The number of nitrogens with one attached hydrogen (secondary N) is 3. The topological polar surface area (TPSA) is 246 Å². The molecule has 5 rings (SSSR count). The van der Waals surface area contributed by atoms with E-state index in [-0.39, 0.29) is 18.6 Å². The third kappa shape index (κ3) is 8.38. The van der Waals surface area contributed by atoms with Crippen LogP contribution in [0.15, 0.2) is 65.6 Å². The number of unbranched alkanes of at least 4 members (excludes halogenated alkanes) is 1. The van der Waals surface area contributed by atoms with Crippen LogP contribution >= 0.6 is 0 Å². The number of aromatic carboxylic acids is 1. The van der Waals surface area contributed by atoms with Crippen molar-refractivity contribution in [3.8, 4) is 0 Å². The number of hydrogen-bond donors (Lipinski definition) is 5. The molecule has 51 heavy (non-hydrogen) atoms. The van der Waals surface area contributed by atoms with E-state index in [2.05, 4.69) is 20.3 Å². The molecule has 17 heteroatoms. The van der Waals surface area contributed by atoms with Crippen molar-refractivity contribution < 1.29 is 42.2 Å². The number of carboxylic acids is 1. The molecule has 16 nitrogen and oxygen atoms in total. The number of imidazole rings is 2. The zero-order valence-corrected chi connectivity index (χ0v) is 28.5. The van der Waals surface area contributed by atoms with Crippen LogP contribution in [0.3, 0.4) is 0 Å². The van der Waals surface area contributed by atoms with Gasteiger partial charge in [0.15, 0.2) is 0 Å². The molecule has 266 valence electrons. The lowest BCUT2D eigenvalue weighted by Gasteiger charge is -2.18. The zero-order chi connectivity index (χ0) is 36.9. The molecule has 1 atom stereocenters. The molecule has 0 fully saturated rings. The Kier molecular flexibility index (Phi) is 10.8. The van der Waals surface area contributed by atoms with E-state index in [0.29, 0.717) is 52.1 Å². The van der Waals surface area contributed by atoms with E-state index < -0.39 is 62.6 Å². The Bertz CT molecular complexity index is 2280. The lowest BCUT2D eigenvalue weighted by molar-refractivity contribution is -0.146. The van der Waals surface area contributed by atoms with Gasteiger partial charge in [0.2, 0.25) is 11.8 Å². The summed E-state index contributed by atoms with van der Waals surface area (Å²) >= 11 is 0. The lowest BCUT2D eigenvalue weighted by Crippen LogP contribution is -2.43. The molecular weight excluding hydrogens is 682 g/mol. The van der Waals surface area contributed by atoms with Crippen LogP contribution in [-0.2, 0) is 37.8 Å². The molecule has 0 spiro atoms. The standard InChI is InChI=1S/C34H35N7O9S/c1-3-4-15-50-34(47)24(13-14-30(42)40-51(48,49)27-8-6-5-7-21(27)33(45)46)39-32(44)20-10-12-23-26(17-20)41(2)29(38-23)18-28-36-22-11-9-19(31(35)43)16-25(22)37-28/h5-12,16-17,24H,3-4,13-15,18H2,1-2H3,(H2,35,43)(H,36,37)(H,39,44)(H,40,42)(H,45,46)/t24-/m0/s1. The van der Waals surface area contributed by atoms with Crippen LogP contribution in [0, 0.1) is 0 Å². The fraction of sp³-hybridized carbons (Fsp3) is 0.265. The van der Waals surface area contributed by atoms with Crippen molar-refractivity contribution in [2.24, 2.45) is 12.8 Å². The smallest absolute Gasteiger partial charge is 0.337 e. The van der Waals surface area contributed by atoms with Crippen molar-refractivity contribution in [2.45, 2.75) is 50.0 Å². The first-order valence-electron chi connectivity index (χ1n) is 15.9. The van der Waals surface area contributed by atoms with Gasteiger partial charge in [0.1, 0.15) is 22.6 Å². The summed E-state index contributed by atoms with van der Waals surface area (Å²) in [5, 5.41) is 12.0. The van der Waals surface area contributed by atoms with Gasteiger partial charge in [-0.3, -0.25) is 14.4 Å². The number of nitrogens with zero attached hydrogens (tertiary/aromatic N) is 3. The van der Waals surface area contributed by atoms with E-state index >= 15 is 0 Å². The molecule has 6 N–H and O–H groups in total. The molecule has 0 saturated carbocycles. The molecule has 0 saturated heterocycles. The van der Waals surface area contributed by atoms with Gasteiger partial charge in [-0.1, -0.05) is 25.5 Å². The molecular formula is C34H35N7O9S. The van der Waals surface area contributed by atoms with Crippen molar-refractivity contribution in [1.29, 1.82) is 0 Å². The average Bonchev–Trinajstić information content (AvgIpc) is 3.64. The molecule has 2 heterocycles. The molecule has 5 aromatic rings. The van der Waals surface area contributed by atoms with Gasteiger partial charge in [-0.05, 0) is 61.4 Å². The molecule has 0 aliphatic carbocycles. The molecule has 0 aliphatic heterocycles. The maximum absolute atomic E-state index is 13.4. The number of aryl methyl sites for hydroxylation is 1. The van der Waals surface area contributed by atoms with E-state index in [1.54, 1.807) is 41.9 Å². The third-order valence-electron chi connectivity index (χ3n) is 8.02. The van der Waals surface area contributed by atoms with Crippen LogP contribution in [-0.4, -0.2) is 75.4 Å². The number of hydrogen-bond acceptors (Lipinski definition) is 10. The molecule has 0 radical (unpaired) electrons. The SMILES string of the molecule is CCCCOC(=O)[C@H](CCC(=O)NS(=O)(=O)c1ccccc1C(=O)O)NC(=O)c1ccc2nc(Cc3nc4ccc(C(N)=O)cc4[nH]3)n(C)c2c1. The Morgan fingerprint density at radius 1 is 1.00 bits per heavy atom. The van der Waals surface area contributed by atoms with Crippen LogP contribution in [0.25, 0.3) is 22.1 Å². The third-order valence-corrected chi connectivity index (χ3v) is 9.46. The van der Waals surface area contributed by atoms with E-state index in [4.69, 9.17) is 10.5 Å². The molecule has 3 aromatic carbocycles. The fourth-order valence-electron chi connectivity index (χ4n) is 5.31. The minimum absolute atomic E-state index is 0.0789. The molecule has 0 unspecified atom stereocenters. The number of sulfonamides is 1. The number of benzene rings is 3. The van der Waals surface area contributed by atoms with Crippen LogP contribution in [0.4, 0.5) is 0 Å². The first-order valence-corrected chi connectivity index (χ1v) is 17.3. The summed E-state index contributed by atoms with van der Waals surface area (Å²) in [6.45, 7) is 1.98. The maximum Gasteiger partial charge on any atom is 0.337 e. The van der Waals surface area contributed by atoms with E-state index in [9.17, 15) is 37.5 Å². The van der Waals surface area contributed by atoms with Crippen molar-refractivity contribution in [1.82, 2.24) is 29.6 Å². The van der Waals surface area contributed by atoms with E-state index in [1.807, 2.05) is 11.6 Å². The number of ether oxygens (including phenoxy) is 1. The molecule has 3 amide bonds. The summed E-state index contributed by atoms with van der Waals surface area (Å²) in [4.78, 5) is 74.0. The highest BCUT2D eigenvalue weighted by Gasteiger charge is 2.27. The van der Waals surface area contributed by atoms with Crippen molar-refractivity contribution in [3.05, 3.63) is 89.0 Å². The number of aromatic amines is 1. The molecule has 2 aromatic heterocycles. The van der Waals surface area contributed by atoms with Crippen molar-refractivity contribution >= 4 is 61.8 Å². The highest BCUT2D eigenvalue weighted by molar-refractivity contribution is 7.90. The normalized spacial score (nSPS) is 12.0. The summed E-state index contributed by atoms with van der Waals surface area (Å²) in [7, 11) is -2.78. The number of H-pyrrole nitrogens is 1. The van der Waals surface area contributed by atoms with Gasteiger partial charge in [0.05, 0.1) is 40.7 Å².